The number of hydrogen-bond acceptors (Lipinski definition) is 2. The van der Waals surface area contributed by atoms with Crippen molar-refractivity contribution in [2.75, 3.05) is 18.4 Å². The van der Waals surface area contributed by atoms with Gasteiger partial charge in [0.1, 0.15) is 0 Å². The number of likely N-dealkylation sites (tertiary alicyclic amines) is 1. The van der Waals surface area contributed by atoms with E-state index >= 15 is 0 Å². The van der Waals surface area contributed by atoms with Crippen molar-refractivity contribution in [3.8, 4) is 23.1 Å². The first-order valence-corrected chi connectivity index (χ1v) is 9.85. The molecule has 3 aromatic rings. The molecular weight excluding hydrogens is 362 g/mol. The van der Waals surface area contributed by atoms with Gasteiger partial charge >= 0.3 is 0 Å². The third-order valence-electron chi connectivity index (χ3n) is 5.28. The first-order valence-electron chi connectivity index (χ1n) is 9.85. The Hall–Kier alpha value is -3.52. The summed E-state index contributed by atoms with van der Waals surface area (Å²) in [6.07, 6.45) is 1.58. The highest BCUT2D eigenvalue weighted by molar-refractivity contribution is 5.96. The van der Waals surface area contributed by atoms with Gasteiger partial charge in [-0.15, -0.1) is 0 Å². The van der Waals surface area contributed by atoms with Crippen molar-refractivity contribution < 1.29 is 9.59 Å². The maximum absolute atomic E-state index is 12.8. The second kappa shape index (κ2) is 8.24. The van der Waals surface area contributed by atoms with Gasteiger partial charge in [-0.2, -0.15) is 0 Å². The molecule has 146 valence electrons. The molecular formula is C24H23N3O2. The number of para-hydroxylation sites is 1. The van der Waals surface area contributed by atoms with E-state index in [9.17, 15) is 9.59 Å². The van der Waals surface area contributed by atoms with Gasteiger partial charge in [-0.25, -0.2) is 0 Å². The summed E-state index contributed by atoms with van der Waals surface area (Å²) in [5, 5.41) is 4.17. The predicted octanol–water partition coefficient (Wildman–Crippen LogP) is 4.04. The van der Waals surface area contributed by atoms with E-state index in [2.05, 4.69) is 34.3 Å². The first kappa shape index (κ1) is 18.8. The molecule has 29 heavy (non-hydrogen) atoms. The highest BCUT2D eigenvalue weighted by Gasteiger charge is 2.27. The fourth-order valence-corrected chi connectivity index (χ4v) is 3.80. The monoisotopic (exact) mass is 385 g/mol. The molecule has 2 aromatic carbocycles. The summed E-state index contributed by atoms with van der Waals surface area (Å²) in [7, 11) is 0. The molecule has 4 rings (SSSR count). The number of benzene rings is 2. The fraction of sp³-hybridized carbons (Fsp3) is 0.250. The summed E-state index contributed by atoms with van der Waals surface area (Å²) in [5.41, 5.74) is 3.86. The fourth-order valence-electron chi connectivity index (χ4n) is 3.80. The third-order valence-corrected chi connectivity index (χ3v) is 5.28. The van der Waals surface area contributed by atoms with Crippen LogP contribution in [0.5, 0.6) is 0 Å². The minimum Gasteiger partial charge on any atom is -0.355 e. The van der Waals surface area contributed by atoms with Crippen molar-refractivity contribution in [1.29, 1.82) is 0 Å². The molecule has 0 saturated carbocycles. The normalized spacial score (nSPS) is 16.2. The van der Waals surface area contributed by atoms with Crippen LogP contribution in [0.25, 0.3) is 22.2 Å². The van der Waals surface area contributed by atoms with Gasteiger partial charge in [0.2, 0.25) is 5.91 Å². The van der Waals surface area contributed by atoms with Gasteiger partial charge in [0.05, 0.1) is 5.92 Å². The van der Waals surface area contributed by atoms with Crippen molar-refractivity contribution >= 4 is 28.4 Å². The van der Waals surface area contributed by atoms with E-state index in [0.29, 0.717) is 13.1 Å². The summed E-state index contributed by atoms with van der Waals surface area (Å²) in [5.74, 6) is 4.72. The number of aromatic nitrogens is 1. The van der Waals surface area contributed by atoms with E-state index in [4.69, 9.17) is 0 Å². The lowest BCUT2D eigenvalue weighted by Gasteiger charge is -2.30. The Morgan fingerprint density at radius 1 is 1.14 bits per heavy atom. The van der Waals surface area contributed by atoms with Crippen LogP contribution in [0.3, 0.4) is 0 Å². The lowest BCUT2D eigenvalue weighted by atomic mass is 9.97. The number of fused-ring (bicyclic) bond motifs is 1. The number of H-pyrrole nitrogens is 1. The number of amides is 2. The number of carbonyl (C=O) groups excluding carboxylic acids is 2. The quantitative estimate of drug-likeness (QED) is 0.669. The highest BCUT2D eigenvalue weighted by atomic mass is 16.2. The molecule has 1 aromatic heterocycles. The number of carbonyl (C=O) groups is 2. The topological polar surface area (TPSA) is 65.2 Å². The minimum absolute atomic E-state index is 0.0549. The smallest absolute Gasteiger partial charge is 0.298 e. The zero-order valence-corrected chi connectivity index (χ0v) is 16.4. The minimum atomic E-state index is -0.219. The first-order chi connectivity index (χ1) is 14.1. The average molecular weight is 385 g/mol. The molecule has 2 amide bonds. The Kier molecular flexibility index (Phi) is 5.35. The summed E-state index contributed by atoms with van der Waals surface area (Å²) in [4.78, 5) is 29.9. The number of hydrogen-bond donors (Lipinski definition) is 2. The van der Waals surface area contributed by atoms with Crippen molar-refractivity contribution in [2.24, 2.45) is 5.92 Å². The largest absolute Gasteiger partial charge is 0.355 e. The van der Waals surface area contributed by atoms with Crippen LogP contribution in [-0.2, 0) is 9.59 Å². The molecule has 5 heteroatoms. The second-order valence-electron chi connectivity index (χ2n) is 7.31. The highest BCUT2D eigenvalue weighted by Crippen LogP contribution is 2.26. The van der Waals surface area contributed by atoms with Crippen LogP contribution >= 0.6 is 0 Å². The van der Waals surface area contributed by atoms with Crippen molar-refractivity contribution in [2.45, 2.75) is 19.8 Å². The summed E-state index contributed by atoms with van der Waals surface area (Å²) in [6, 6.07) is 18.0. The SMILES string of the molecule is CC#CC(=O)N1CCCC(C(=O)Nc2cccc(-c3cc4ccccc4[nH]3)c2)C1. The summed E-state index contributed by atoms with van der Waals surface area (Å²) >= 11 is 0. The van der Waals surface area contributed by atoms with Gasteiger partial charge in [-0.1, -0.05) is 36.3 Å². The number of nitrogens with zero attached hydrogens (tertiary/aromatic N) is 1. The van der Waals surface area contributed by atoms with Crippen LogP contribution < -0.4 is 5.32 Å². The third kappa shape index (κ3) is 4.17. The second-order valence-corrected chi connectivity index (χ2v) is 7.31. The lowest BCUT2D eigenvalue weighted by molar-refractivity contribution is -0.129. The maximum Gasteiger partial charge on any atom is 0.298 e. The molecule has 2 N–H and O–H groups in total. The zero-order valence-electron chi connectivity index (χ0n) is 16.4. The number of piperidine rings is 1. The standard InChI is InChI=1S/C24H23N3O2/c1-2-7-23(28)27-13-6-10-19(16-27)24(29)25-20-11-5-9-17(14-20)22-15-18-8-3-4-12-21(18)26-22/h3-5,8-9,11-12,14-15,19,26H,6,10,13,16H2,1H3,(H,25,29). The van der Waals surface area contributed by atoms with E-state index < -0.39 is 0 Å². The van der Waals surface area contributed by atoms with Gasteiger partial charge in [0, 0.05) is 40.9 Å². The summed E-state index contributed by atoms with van der Waals surface area (Å²) in [6.45, 7) is 2.72. The lowest BCUT2D eigenvalue weighted by Crippen LogP contribution is -2.43. The average Bonchev–Trinajstić information content (AvgIpc) is 3.19. The summed E-state index contributed by atoms with van der Waals surface area (Å²) < 4.78 is 0. The van der Waals surface area contributed by atoms with Crippen LogP contribution in [0, 0.1) is 17.8 Å². The Morgan fingerprint density at radius 3 is 2.83 bits per heavy atom. The number of nitrogens with one attached hydrogen (secondary N) is 2. The molecule has 5 nitrogen and oxygen atoms in total. The van der Waals surface area contributed by atoms with Crippen LogP contribution in [0.4, 0.5) is 5.69 Å². The van der Waals surface area contributed by atoms with Crippen LogP contribution in [0.1, 0.15) is 19.8 Å². The van der Waals surface area contributed by atoms with E-state index in [1.54, 1.807) is 11.8 Å². The molecule has 0 bridgehead atoms. The molecule has 0 aliphatic carbocycles. The van der Waals surface area contributed by atoms with Gasteiger partial charge in [-0.05, 0) is 50.0 Å². The number of rotatable bonds is 3. The van der Waals surface area contributed by atoms with Crippen molar-refractivity contribution in [3.05, 3.63) is 54.6 Å². The molecule has 0 spiro atoms. The van der Waals surface area contributed by atoms with E-state index in [-0.39, 0.29) is 17.7 Å². The molecule has 1 aliphatic rings. The molecule has 2 heterocycles. The molecule has 1 aliphatic heterocycles. The van der Waals surface area contributed by atoms with Crippen molar-refractivity contribution in [1.82, 2.24) is 9.88 Å². The Morgan fingerprint density at radius 2 is 2.00 bits per heavy atom. The molecule has 1 fully saturated rings. The van der Waals surface area contributed by atoms with Gasteiger partial charge in [-0.3, -0.25) is 9.59 Å². The van der Waals surface area contributed by atoms with Gasteiger partial charge in [0.25, 0.3) is 5.91 Å². The van der Waals surface area contributed by atoms with Gasteiger partial charge in [0.15, 0.2) is 0 Å². The number of anilines is 1. The Labute approximate surface area is 170 Å². The van der Waals surface area contributed by atoms with E-state index in [1.807, 2.05) is 42.5 Å². The zero-order chi connectivity index (χ0) is 20.2. The Bertz CT molecular complexity index is 1090. The molecule has 1 atom stereocenters. The van der Waals surface area contributed by atoms with E-state index in [1.165, 1.54) is 0 Å². The Balaban J connectivity index is 1.48. The number of aromatic amines is 1. The van der Waals surface area contributed by atoms with Crippen LogP contribution in [0.2, 0.25) is 0 Å². The van der Waals surface area contributed by atoms with Gasteiger partial charge < -0.3 is 15.2 Å². The molecule has 0 radical (unpaired) electrons. The van der Waals surface area contributed by atoms with Crippen molar-refractivity contribution in [3.63, 3.8) is 0 Å². The predicted molar refractivity (Wildman–Crippen MR) is 115 cm³/mol. The van der Waals surface area contributed by atoms with Crippen LogP contribution in [0.15, 0.2) is 54.6 Å². The molecule has 1 saturated heterocycles. The van der Waals surface area contributed by atoms with E-state index in [0.717, 1.165) is 40.7 Å². The molecule has 1 unspecified atom stereocenters. The maximum atomic E-state index is 12.8. The van der Waals surface area contributed by atoms with Crippen LogP contribution in [-0.4, -0.2) is 34.8 Å².